The van der Waals surface area contributed by atoms with Gasteiger partial charge in [0.1, 0.15) is 0 Å². The smallest absolute Gasteiger partial charge is 0.0869 e. The molecule has 1 saturated carbocycles. The minimum atomic E-state index is 0.229. The molecular formula is C13H24N2OS. The summed E-state index contributed by atoms with van der Waals surface area (Å²) in [5.41, 5.74) is 5.78. The van der Waals surface area contributed by atoms with Crippen LogP contribution in [0.25, 0.3) is 0 Å². The largest absolute Gasteiger partial charge is 0.392 e. The van der Waals surface area contributed by atoms with Gasteiger partial charge in [-0.25, -0.2) is 0 Å². The van der Waals surface area contributed by atoms with Gasteiger partial charge in [-0.3, -0.25) is 4.90 Å². The van der Waals surface area contributed by atoms with Crippen LogP contribution in [0.3, 0.4) is 0 Å². The van der Waals surface area contributed by atoms with Crippen LogP contribution in [0, 0.1) is 0 Å². The van der Waals surface area contributed by atoms with E-state index in [4.69, 9.17) is 22.7 Å². The SMILES string of the molecule is CN(CC(N)=S)CC1CCC2(CCCCC2)O1. The predicted octanol–water partition coefficient (Wildman–Crippen LogP) is 2.09. The standard InChI is InChI=1S/C13H24N2OS/c1-15(10-12(14)17)9-11-5-8-13(16-11)6-3-2-4-7-13/h11H,2-10H2,1H3,(H2,14,17). The molecule has 1 spiro atoms. The Kier molecular flexibility index (Phi) is 4.39. The van der Waals surface area contributed by atoms with E-state index in [0.29, 0.717) is 17.6 Å². The van der Waals surface area contributed by atoms with Crippen molar-refractivity contribution in [2.24, 2.45) is 5.73 Å². The Hall–Kier alpha value is -0.190. The highest BCUT2D eigenvalue weighted by atomic mass is 32.1. The first-order valence-corrected chi connectivity index (χ1v) is 7.15. The van der Waals surface area contributed by atoms with Crippen molar-refractivity contribution in [3.8, 4) is 0 Å². The van der Waals surface area contributed by atoms with Crippen LogP contribution in [-0.4, -0.2) is 41.7 Å². The van der Waals surface area contributed by atoms with Gasteiger partial charge in [0.2, 0.25) is 0 Å². The lowest BCUT2D eigenvalue weighted by atomic mass is 9.83. The van der Waals surface area contributed by atoms with Gasteiger partial charge in [0.05, 0.1) is 16.7 Å². The summed E-state index contributed by atoms with van der Waals surface area (Å²) in [6.45, 7) is 1.65. The number of rotatable bonds is 4. The van der Waals surface area contributed by atoms with Gasteiger partial charge in [-0.15, -0.1) is 0 Å². The van der Waals surface area contributed by atoms with Crippen LogP contribution in [0.1, 0.15) is 44.9 Å². The second-order valence-electron chi connectivity index (χ2n) is 5.69. The lowest BCUT2D eigenvalue weighted by Crippen LogP contribution is -2.37. The number of nitrogens with two attached hydrogens (primary N) is 1. The molecule has 0 radical (unpaired) electrons. The van der Waals surface area contributed by atoms with Crippen LogP contribution in [0.15, 0.2) is 0 Å². The van der Waals surface area contributed by atoms with Crippen molar-refractivity contribution in [2.45, 2.75) is 56.7 Å². The van der Waals surface area contributed by atoms with E-state index in [1.807, 2.05) is 0 Å². The maximum Gasteiger partial charge on any atom is 0.0869 e. The third-order valence-electron chi connectivity index (χ3n) is 4.04. The van der Waals surface area contributed by atoms with Gasteiger partial charge in [-0.2, -0.15) is 0 Å². The van der Waals surface area contributed by atoms with E-state index >= 15 is 0 Å². The van der Waals surface area contributed by atoms with Crippen LogP contribution in [0.4, 0.5) is 0 Å². The summed E-state index contributed by atoms with van der Waals surface area (Å²) in [4.78, 5) is 2.74. The average molecular weight is 256 g/mol. The van der Waals surface area contributed by atoms with Gasteiger partial charge in [-0.1, -0.05) is 31.5 Å². The first-order chi connectivity index (χ1) is 8.10. The second-order valence-corrected chi connectivity index (χ2v) is 6.21. The van der Waals surface area contributed by atoms with E-state index in [0.717, 1.165) is 6.54 Å². The number of hydrogen-bond acceptors (Lipinski definition) is 3. The van der Waals surface area contributed by atoms with Gasteiger partial charge < -0.3 is 10.5 Å². The number of ether oxygens (including phenoxy) is 1. The molecule has 1 atom stereocenters. The number of nitrogens with zero attached hydrogens (tertiary/aromatic N) is 1. The zero-order valence-electron chi connectivity index (χ0n) is 10.8. The molecule has 0 aromatic rings. The van der Waals surface area contributed by atoms with E-state index in [9.17, 15) is 0 Å². The fraction of sp³-hybridized carbons (Fsp3) is 0.923. The highest BCUT2D eigenvalue weighted by Crippen LogP contribution is 2.41. The molecule has 1 unspecified atom stereocenters. The fourth-order valence-electron chi connectivity index (χ4n) is 3.27. The summed E-state index contributed by atoms with van der Waals surface area (Å²) in [7, 11) is 2.06. The molecule has 0 aromatic carbocycles. The van der Waals surface area contributed by atoms with Gasteiger partial charge in [0.25, 0.3) is 0 Å². The van der Waals surface area contributed by atoms with Crippen molar-refractivity contribution in [3.63, 3.8) is 0 Å². The van der Waals surface area contributed by atoms with E-state index in [1.54, 1.807) is 0 Å². The summed E-state index contributed by atoms with van der Waals surface area (Å²) in [5, 5.41) is 0. The van der Waals surface area contributed by atoms with E-state index in [2.05, 4.69) is 11.9 Å². The van der Waals surface area contributed by atoms with E-state index in [1.165, 1.54) is 44.9 Å². The van der Waals surface area contributed by atoms with Crippen molar-refractivity contribution < 1.29 is 4.74 Å². The van der Waals surface area contributed by atoms with Gasteiger partial charge >= 0.3 is 0 Å². The molecule has 4 heteroatoms. The lowest BCUT2D eigenvalue weighted by molar-refractivity contribution is -0.0693. The first kappa shape index (κ1) is 13.2. The molecule has 1 aliphatic carbocycles. The lowest BCUT2D eigenvalue weighted by Gasteiger charge is -2.34. The molecule has 17 heavy (non-hydrogen) atoms. The highest BCUT2D eigenvalue weighted by molar-refractivity contribution is 7.80. The number of likely N-dealkylation sites (N-methyl/N-ethyl adjacent to an activating group) is 1. The zero-order valence-corrected chi connectivity index (χ0v) is 11.6. The van der Waals surface area contributed by atoms with Crippen LogP contribution >= 0.6 is 12.2 Å². The molecule has 98 valence electrons. The van der Waals surface area contributed by atoms with Gasteiger partial charge in [0, 0.05) is 13.1 Å². The third kappa shape index (κ3) is 3.63. The molecule has 3 nitrogen and oxygen atoms in total. The van der Waals surface area contributed by atoms with Crippen LogP contribution in [0.2, 0.25) is 0 Å². The quantitative estimate of drug-likeness (QED) is 0.782. The summed E-state index contributed by atoms with van der Waals surface area (Å²) < 4.78 is 6.32. The van der Waals surface area contributed by atoms with Gasteiger partial charge in [0.15, 0.2) is 0 Å². The van der Waals surface area contributed by atoms with Gasteiger partial charge in [-0.05, 0) is 32.7 Å². The maximum atomic E-state index is 6.32. The molecule has 1 aliphatic heterocycles. The van der Waals surface area contributed by atoms with E-state index in [-0.39, 0.29) is 5.60 Å². The molecule has 2 N–H and O–H groups in total. The zero-order chi connectivity index (χ0) is 12.3. The molecule has 2 fully saturated rings. The van der Waals surface area contributed by atoms with Crippen molar-refractivity contribution in [3.05, 3.63) is 0 Å². The molecule has 0 amide bonds. The van der Waals surface area contributed by atoms with Crippen LogP contribution in [0.5, 0.6) is 0 Å². The Bertz CT molecular complexity index is 277. The Morgan fingerprint density at radius 1 is 1.35 bits per heavy atom. The molecule has 2 aliphatic rings. The monoisotopic (exact) mass is 256 g/mol. The average Bonchev–Trinajstić information content (AvgIpc) is 2.61. The molecule has 1 heterocycles. The first-order valence-electron chi connectivity index (χ1n) is 6.74. The van der Waals surface area contributed by atoms with E-state index < -0.39 is 0 Å². The van der Waals surface area contributed by atoms with Crippen molar-refractivity contribution in [1.29, 1.82) is 0 Å². The highest BCUT2D eigenvalue weighted by Gasteiger charge is 2.40. The van der Waals surface area contributed by atoms with Crippen LogP contribution in [-0.2, 0) is 4.74 Å². The number of thiocarbonyl (C=S) groups is 1. The molecule has 2 rings (SSSR count). The normalized spacial score (nSPS) is 27.8. The summed E-state index contributed by atoms with van der Waals surface area (Å²) >= 11 is 4.93. The minimum Gasteiger partial charge on any atom is -0.392 e. The van der Waals surface area contributed by atoms with Crippen molar-refractivity contribution in [1.82, 2.24) is 4.90 Å². The maximum absolute atomic E-state index is 6.32. The topological polar surface area (TPSA) is 38.5 Å². The Morgan fingerprint density at radius 2 is 2.06 bits per heavy atom. The Balaban J connectivity index is 1.79. The summed E-state index contributed by atoms with van der Waals surface area (Å²) in [5.74, 6) is 0. The second kappa shape index (κ2) is 5.63. The Labute approximate surface area is 110 Å². The molecule has 0 aromatic heterocycles. The fourth-order valence-corrected chi connectivity index (χ4v) is 3.49. The van der Waals surface area contributed by atoms with Crippen molar-refractivity contribution >= 4 is 17.2 Å². The minimum absolute atomic E-state index is 0.229. The summed E-state index contributed by atoms with van der Waals surface area (Å²) in [6, 6.07) is 0. The van der Waals surface area contributed by atoms with Crippen LogP contribution < -0.4 is 5.73 Å². The predicted molar refractivity (Wildman–Crippen MR) is 74.2 cm³/mol. The number of hydrogen-bond donors (Lipinski definition) is 1. The van der Waals surface area contributed by atoms with Crippen molar-refractivity contribution in [2.75, 3.05) is 20.1 Å². The molecular weight excluding hydrogens is 232 g/mol. The third-order valence-corrected chi connectivity index (χ3v) is 4.17. The molecule has 0 bridgehead atoms. The molecule has 1 saturated heterocycles. The Morgan fingerprint density at radius 3 is 2.71 bits per heavy atom. The summed E-state index contributed by atoms with van der Waals surface area (Å²) in [6.07, 6.45) is 9.43.